The number of para-hydroxylation sites is 8. The third kappa shape index (κ3) is 45.6. The lowest BCUT2D eigenvalue weighted by Gasteiger charge is -2.03. The van der Waals surface area contributed by atoms with Crippen LogP contribution in [0, 0.1) is 0 Å². The fraction of sp³-hybridized carbons (Fsp3) is 0.538. The van der Waals surface area contributed by atoms with E-state index in [1.165, 1.54) is 109 Å². The van der Waals surface area contributed by atoms with Gasteiger partial charge >= 0.3 is 0 Å². The first-order valence-electron chi connectivity index (χ1n) is 42.1. The van der Waals surface area contributed by atoms with Crippen LogP contribution >= 0.6 is 0 Å². The molecule has 110 heavy (non-hydrogen) atoms. The second kappa shape index (κ2) is 111. The van der Waals surface area contributed by atoms with E-state index in [0.717, 1.165) is 25.7 Å². The van der Waals surface area contributed by atoms with Crippen LogP contribution in [0.3, 0.4) is 0 Å². The minimum atomic E-state index is 0. The van der Waals surface area contributed by atoms with E-state index in [0.29, 0.717) is 0 Å². The average molecular weight is 1530 g/mol. The van der Waals surface area contributed by atoms with E-state index in [-0.39, 0.29) is 61.4 Å². The predicted octanol–water partition coefficient (Wildman–Crippen LogP) is 38.1. The van der Waals surface area contributed by atoms with Crippen molar-refractivity contribution in [2.45, 2.75) is 361 Å². The van der Waals surface area contributed by atoms with Crippen LogP contribution in [0.15, 0.2) is 170 Å². The van der Waals surface area contributed by atoms with Crippen LogP contribution in [0.4, 0.5) is 0 Å². The Labute approximate surface area is 699 Å². The van der Waals surface area contributed by atoms with Crippen molar-refractivity contribution in [3.05, 3.63) is 192 Å². The first-order valence-corrected chi connectivity index (χ1v) is 42.1. The lowest BCUT2D eigenvalue weighted by atomic mass is 10.1. The molecule has 0 saturated carbocycles. The van der Waals surface area contributed by atoms with Crippen molar-refractivity contribution in [2.75, 3.05) is 0 Å². The van der Waals surface area contributed by atoms with Gasteiger partial charge < -0.3 is 18.3 Å². The van der Waals surface area contributed by atoms with Gasteiger partial charge in [0.05, 0.1) is 22.1 Å². The van der Waals surface area contributed by atoms with Crippen molar-refractivity contribution in [3.8, 4) is 0 Å². The van der Waals surface area contributed by atoms with Crippen molar-refractivity contribution < 1.29 is 0 Å². The molecule has 0 fully saturated rings. The van der Waals surface area contributed by atoms with E-state index >= 15 is 0 Å². The lowest BCUT2D eigenvalue weighted by Crippen LogP contribution is -1.91. The number of rotatable bonds is 4. The molecule has 4 heterocycles. The molecular formula is C104H198B2N4. The molecular weight excluding hydrogens is 1330 g/mol. The number of hydrogen-bond acceptors (Lipinski definition) is 0. The van der Waals surface area contributed by atoms with Crippen molar-refractivity contribution in [1.82, 2.24) is 18.3 Å². The standard InChI is InChI=1S/4C15H15N.19C2H6.6CH4.2B/c4*1-3-11-7-6-9-13-12-8-4-5-10-14(12)16(2)15(11)13;19*1-2;;;;;;;;/h4*4-10H,3H2,1-2H3;19*1-2H3;6*1H4;;. The van der Waals surface area contributed by atoms with Crippen molar-refractivity contribution in [3.63, 3.8) is 0 Å². The molecule has 4 nitrogen and oxygen atoms in total. The quantitative estimate of drug-likeness (QED) is 0.157. The van der Waals surface area contributed by atoms with E-state index in [4.69, 9.17) is 0 Å². The van der Waals surface area contributed by atoms with Gasteiger partial charge in [0, 0.05) is 110 Å². The molecule has 0 saturated heterocycles. The zero-order chi connectivity index (χ0) is 82.5. The van der Waals surface area contributed by atoms with Gasteiger partial charge in [-0.3, -0.25) is 0 Å². The highest BCUT2D eigenvalue weighted by Gasteiger charge is 2.13. The van der Waals surface area contributed by atoms with Crippen LogP contribution < -0.4 is 0 Å². The molecule has 0 aliphatic rings. The highest BCUT2D eigenvalue weighted by molar-refractivity contribution is 6.11. The SMILES string of the molecule is C.C.C.C.C.C.CC.CC.CC.CC.CC.CC.CC.CC.CC.CC.CC.CC.CC.CC.CC.CC.CC.CC.CC.CCc1cccc2c3ccccc3n(C)c12.CCc1cccc2c3ccccc3n(C)c12.CCc1cccc2c3ccccc3n(C)c12.CCc1cccc2c3ccccc3n(C)c12.[B].[B]. The van der Waals surface area contributed by atoms with Gasteiger partial charge in [0.2, 0.25) is 0 Å². The molecule has 12 aromatic rings. The molecule has 0 amide bonds. The molecule has 640 valence electrons. The highest BCUT2D eigenvalue weighted by Crippen LogP contribution is 2.34. The van der Waals surface area contributed by atoms with Gasteiger partial charge in [-0.25, -0.2) is 0 Å². The van der Waals surface area contributed by atoms with E-state index in [2.05, 4.69) is 244 Å². The Bertz CT molecular complexity index is 3140. The zero-order valence-electron chi connectivity index (χ0n) is 77.9. The van der Waals surface area contributed by atoms with E-state index < -0.39 is 0 Å². The van der Waals surface area contributed by atoms with Crippen LogP contribution in [0.1, 0.15) is 358 Å². The normalized spacial score (nSPS) is 7.65. The second-order valence-corrected chi connectivity index (χ2v) is 17.0. The fourth-order valence-corrected chi connectivity index (χ4v) is 10.4. The Hall–Kier alpha value is -6.91. The minimum Gasteiger partial charge on any atom is -0.343 e. The molecule has 6 radical (unpaired) electrons. The van der Waals surface area contributed by atoms with Gasteiger partial charge in [0.25, 0.3) is 0 Å². The van der Waals surface area contributed by atoms with Crippen molar-refractivity contribution >= 4 is 104 Å². The summed E-state index contributed by atoms with van der Waals surface area (Å²) in [6, 6.07) is 60.9. The summed E-state index contributed by atoms with van der Waals surface area (Å²) in [7, 11) is 8.63. The van der Waals surface area contributed by atoms with Gasteiger partial charge in [-0.2, -0.15) is 0 Å². The van der Waals surface area contributed by atoms with Gasteiger partial charge in [0.1, 0.15) is 0 Å². The van der Waals surface area contributed by atoms with Crippen LogP contribution in [0.5, 0.6) is 0 Å². The summed E-state index contributed by atoms with van der Waals surface area (Å²) in [6.45, 7) is 84.9. The number of aryl methyl sites for hydroxylation is 8. The molecule has 4 aromatic heterocycles. The molecule has 12 rings (SSSR count). The molecule has 0 N–H and O–H groups in total. The molecule has 6 heteroatoms. The van der Waals surface area contributed by atoms with Crippen molar-refractivity contribution in [1.29, 1.82) is 0 Å². The topological polar surface area (TPSA) is 19.7 Å². The monoisotopic (exact) mass is 1530 g/mol. The predicted molar refractivity (Wildman–Crippen MR) is 547 cm³/mol. The Morgan fingerprint density at radius 1 is 0.164 bits per heavy atom. The second-order valence-electron chi connectivity index (χ2n) is 17.0. The summed E-state index contributed by atoms with van der Waals surface area (Å²) < 4.78 is 9.24. The molecule has 0 bridgehead atoms. The first-order chi connectivity index (χ1) is 50.3. The largest absolute Gasteiger partial charge is 0.343 e. The van der Waals surface area contributed by atoms with Gasteiger partial charge in [-0.1, -0.05) is 481 Å². The third-order valence-corrected chi connectivity index (χ3v) is 13.6. The van der Waals surface area contributed by atoms with E-state index in [9.17, 15) is 0 Å². The number of aromatic nitrogens is 4. The number of fused-ring (bicyclic) bond motifs is 12. The lowest BCUT2D eigenvalue weighted by molar-refractivity contribution is 0.995. The molecule has 0 spiro atoms. The number of benzene rings is 8. The van der Waals surface area contributed by atoms with Crippen LogP contribution in [0.25, 0.3) is 87.2 Å². The van der Waals surface area contributed by atoms with Gasteiger partial charge in [-0.15, -0.1) is 0 Å². The minimum absolute atomic E-state index is 0. The molecule has 0 aliphatic heterocycles. The smallest absolute Gasteiger partial charge is 0.0521 e. The molecule has 0 unspecified atom stereocenters. The third-order valence-electron chi connectivity index (χ3n) is 13.6. The molecule has 0 atom stereocenters. The van der Waals surface area contributed by atoms with Crippen LogP contribution in [-0.2, 0) is 53.9 Å². The molecule has 8 aromatic carbocycles. The number of hydrogen-bond donors (Lipinski definition) is 0. The maximum Gasteiger partial charge on any atom is 0.0521 e. The first kappa shape index (κ1) is 152. The number of nitrogens with zero attached hydrogens (tertiary/aromatic N) is 4. The maximum atomic E-state index is 2.31. The summed E-state index contributed by atoms with van der Waals surface area (Å²) >= 11 is 0. The Balaban J connectivity index is -0.0000000504. The summed E-state index contributed by atoms with van der Waals surface area (Å²) in [6.07, 6.45) is 4.34. The van der Waals surface area contributed by atoms with Crippen LogP contribution in [-0.4, -0.2) is 35.1 Å². The Kier molecular flexibility index (Phi) is 153. The van der Waals surface area contributed by atoms with Gasteiger partial charge in [-0.05, 0) is 72.2 Å². The average Bonchev–Trinajstić information content (AvgIpc) is 1.65. The Morgan fingerprint density at radius 3 is 0.391 bits per heavy atom. The van der Waals surface area contributed by atoms with Crippen molar-refractivity contribution in [2.24, 2.45) is 28.2 Å². The highest BCUT2D eigenvalue weighted by atomic mass is 15.0. The maximum absolute atomic E-state index is 2.31. The summed E-state index contributed by atoms with van der Waals surface area (Å²) in [4.78, 5) is 0. The summed E-state index contributed by atoms with van der Waals surface area (Å²) in [5.74, 6) is 0. The summed E-state index contributed by atoms with van der Waals surface area (Å²) in [5, 5.41) is 10.9. The van der Waals surface area contributed by atoms with E-state index in [1.807, 2.05) is 263 Å². The fourth-order valence-electron chi connectivity index (χ4n) is 10.4. The molecule has 0 aliphatic carbocycles. The zero-order valence-corrected chi connectivity index (χ0v) is 77.9. The van der Waals surface area contributed by atoms with E-state index in [1.54, 1.807) is 0 Å². The van der Waals surface area contributed by atoms with Gasteiger partial charge in [0.15, 0.2) is 0 Å². The Morgan fingerprint density at radius 2 is 0.273 bits per heavy atom. The van der Waals surface area contributed by atoms with Crippen LogP contribution in [0.2, 0.25) is 0 Å². The summed E-state index contributed by atoms with van der Waals surface area (Å²) in [5.41, 5.74) is 16.5.